The monoisotopic (exact) mass is 326 g/mol. The Bertz CT molecular complexity index is 658. The van der Waals surface area contributed by atoms with Crippen molar-refractivity contribution in [2.24, 2.45) is 0 Å². The van der Waals surface area contributed by atoms with Crippen molar-refractivity contribution in [3.63, 3.8) is 0 Å². The fourth-order valence-electron chi connectivity index (χ4n) is 2.62. The third-order valence-electron chi connectivity index (χ3n) is 3.89. The fourth-order valence-corrected chi connectivity index (χ4v) is 2.62. The van der Waals surface area contributed by atoms with Gasteiger partial charge in [-0.3, -0.25) is 4.79 Å². The standard InChI is InChI=1S/C19H22N2O3/c1-15-13-21(12-11-20-15)19(22)14-23-16-7-9-18(10-8-16)24-17-5-3-2-4-6-17/h2-10,15,20H,11-14H2,1H3/t15-/m1/s1. The highest BCUT2D eigenvalue weighted by molar-refractivity contribution is 5.78. The predicted octanol–water partition coefficient (Wildman–Crippen LogP) is 2.68. The summed E-state index contributed by atoms with van der Waals surface area (Å²) in [7, 11) is 0. The smallest absolute Gasteiger partial charge is 0.260 e. The van der Waals surface area contributed by atoms with E-state index >= 15 is 0 Å². The number of para-hydroxylation sites is 1. The number of piperazine rings is 1. The summed E-state index contributed by atoms with van der Waals surface area (Å²) < 4.78 is 11.3. The van der Waals surface area contributed by atoms with Gasteiger partial charge in [0.1, 0.15) is 17.2 Å². The summed E-state index contributed by atoms with van der Waals surface area (Å²) in [6.45, 7) is 4.43. The number of rotatable bonds is 5. The third-order valence-corrected chi connectivity index (χ3v) is 3.89. The zero-order chi connectivity index (χ0) is 16.8. The Morgan fingerprint density at radius 3 is 2.46 bits per heavy atom. The first-order valence-corrected chi connectivity index (χ1v) is 8.17. The maximum absolute atomic E-state index is 12.2. The number of benzene rings is 2. The third kappa shape index (κ3) is 4.49. The van der Waals surface area contributed by atoms with Crippen molar-refractivity contribution in [2.75, 3.05) is 26.2 Å². The highest BCUT2D eigenvalue weighted by Gasteiger charge is 2.20. The Labute approximate surface area is 142 Å². The molecule has 1 N–H and O–H groups in total. The summed E-state index contributed by atoms with van der Waals surface area (Å²) in [6.07, 6.45) is 0. The van der Waals surface area contributed by atoms with Crippen LogP contribution in [0.5, 0.6) is 17.2 Å². The van der Waals surface area contributed by atoms with Crippen molar-refractivity contribution < 1.29 is 14.3 Å². The van der Waals surface area contributed by atoms with Crippen molar-refractivity contribution in [1.82, 2.24) is 10.2 Å². The normalized spacial score (nSPS) is 17.4. The number of nitrogens with one attached hydrogen (secondary N) is 1. The van der Waals surface area contributed by atoms with Gasteiger partial charge in [0.2, 0.25) is 0 Å². The van der Waals surface area contributed by atoms with E-state index < -0.39 is 0 Å². The highest BCUT2D eigenvalue weighted by atomic mass is 16.5. The minimum Gasteiger partial charge on any atom is -0.484 e. The Kier molecular flexibility index (Phi) is 5.33. The van der Waals surface area contributed by atoms with Crippen molar-refractivity contribution in [3.8, 4) is 17.2 Å². The van der Waals surface area contributed by atoms with Crippen LogP contribution < -0.4 is 14.8 Å². The van der Waals surface area contributed by atoms with Crippen molar-refractivity contribution in [2.45, 2.75) is 13.0 Å². The maximum atomic E-state index is 12.2. The second-order valence-corrected chi connectivity index (χ2v) is 5.87. The van der Waals surface area contributed by atoms with Gasteiger partial charge in [0.05, 0.1) is 0 Å². The van der Waals surface area contributed by atoms with E-state index in [1.807, 2.05) is 59.5 Å². The molecule has 1 heterocycles. The molecule has 0 aliphatic carbocycles. The molecule has 0 spiro atoms. The summed E-state index contributed by atoms with van der Waals surface area (Å²) in [5.74, 6) is 2.20. The summed E-state index contributed by atoms with van der Waals surface area (Å²) in [4.78, 5) is 14.0. The van der Waals surface area contributed by atoms with E-state index in [0.29, 0.717) is 11.8 Å². The molecule has 1 aliphatic rings. The van der Waals surface area contributed by atoms with Crippen LogP contribution in [0.4, 0.5) is 0 Å². The quantitative estimate of drug-likeness (QED) is 0.918. The minimum absolute atomic E-state index is 0.0213. The number of hydrogen-bond donors (Lipinski definition) is 1. The molecule has 2 aromatic rings. The molecular weight excluding hydrogens is 304 g/mol. The lowest BCUT2D eigenvalue weighted by molar-refractivity contribution is -0.134. The zero-order valence-corrected chi connectivity index (χ0v) is 13.8. The van der Waals surface area contributed by atoms with E-state index in [9.17, 15) is 4.79 Å². The van der Waals surface area contributed by atoms with Crippen molar-refractivity contribution >= 4 is 5.91 Å². The molecular formula is C19H22N2O3. The van der Waals surface area contributed by atoms with Gasteiger partial charge in [0, 0.05) is 25.7 Å². The van der Waals surface area contributed by atoms with E-state index in [1.54, 1.807) is 0 Å². The van der Waals surface area contributed by atoms with Crippen LogP contribution in [0.15, 0.2) is 54.6 Å². The molecule has 126 valence electrons. The van der Waals surface area contributed by atoms with E-state index in [0.717, 1.165) is 31.1 Å². The molecule has 1 amide bonds. The van der Waals surface area contributed by atoms with Gasteiger partial charge in [-0.15, -0.1) is 0 Å². The van der Waals surface area contributed by atoms with Crippen LogP contribution in [0.3, 0.4) is 0 Å². The van der Waals surface area contributed by atoms with Crippen LogP contribution in [0.2, 0.25) is 0 Å². The van der Waals surface area contributed by atoms with Crippen LogP contribution in [-0.2, 0) is 4.79 Å². The molecule has 1 saturated heterocycles. The lowest BCUT2D eigenvalue weighted by Gasteiger charge is -2.31. The van der Waals surface area contributed by atoms with E-state index in [2.05, 4.69) is 12.2 Å². The average Bonchev–Trinajstić information content (AvgIpc) is 2.62. The first-order chi connectivity index (χ1) is 11.7. The molecule has 5 heteroatoms. The first-order valence-electron chi connectivity index (χ1n) is 8.17. The molecule has 0 radical (unpaired) electrons. The van der Waals surface area contributed by atoms with Crippen LogP contribution in [0.1, 0.15) is 6.92 Å². The molecule has 3 rings (SSSR count). The number of nitrogens with zero attached hydrogens (tertiary/aromatic N) is 1. The lowest BCUT2D eigenvalue weighted by atomic mass is 10.2. The molecule has 0 unspecified atom stereocenters. The number of hydrogen-bond acceptors (Lipinski definition) is 4. The Morgan fingerprint density at radius 2 is 1.75 bits per heavy atom. The average molecular weight is 326 g/mol. The molecule has 1 fully saturated rings. The molecule has 0 aromatic heterocycles. The Balaban J connectivity index is 1.50. The number of ether oxygens (including phenoxy) is 2. The van der Waals surface area contributed by atoms with Gasteiger partial charge in [-0.05, 0) is 43.3 Å². The molecule has 2 aromatic carbocycles. The summed E-state index contributed by atoms with van der Waals surface area (Å²) in [5.41, 5.74) is 0. The second-order valence-electron chi connectivity index (χ2n) is 5.87. The minimum atomic E-state index is 0.0213. The van der Waals surface area contributed by atoms with Gasteiger partial charge in [-0.25, -0.2) is 0 Å². The number of amides is 1. The van der Waals surface area contributed by atoms with Gasteiger partial charge < -0.3 is 19.7 Å². The molecule has 0 bridgehead atoms. The molecule has 24 heavy (non-hydrogen) atoms. The van der Waals surface area contributed by atoms with Crippen LogP contribution in [-0.4, -0.2) is 43.1 Å². The number of carbonyl (C=O) groups is 1. The highest BCUT2D eigenvalue weighted by Crippen LogP contribution is 2.23. The molecule has 1 atom stereocenters. The predicted molar refractivity (Wildman–Crippen MR) is 92.5 cm³/mol. The summed E-state index contributed by atoms with van der Waals surface area (Å²) >= 11 is 0. The lowest BCUT2D eigenvalue weighted by Crippen LogP contribution is -2.52. The van der Waals surface area contributed by atoms with Gasteiger partial charge in [-0.2, -0.15) is 0 Å². The van der Waals surface area contributed by atoms with Crippen molar-refractivity contribution in [1.29, 1.82) is 0 Å². The fraction of sp³-hybridized carbons (Fsp3) is 0.316. The number of carbonyl (C=O) groups excluding carboxylic acids is 1. The first kappa shape index (κ1) is 16.3. The maximum Gasteiger partial charge on any atom is 0.260 e. The van der Waals surface area contributed by atoms with Gasteiger partial charge >= 0.3 is 0 Å². The van der Waals surface area contributed by atoms with Crippen LogP contribution >= 0.6 is 0 Å². The topological polar surface area (TPSA) is 50.8 Å². The van der Waals surface area contributed by atoms with Crippen LogP contribution in [0, 0.1) is 0 Å². The largest absolute Gasteiger partial charge is 0.484 e. The molecule has 5 nitrogen and oxygen atoms in total. The van der Waals surface area contributed by atoms with Gasteiger partial charge in [0.15, 0.2) is 6.61 Å². The van der Waals surface area contributed by atoms with Crippen LogP contribution in [0.25, 0.3) is 0 Å². The molecule has 1 aliphatic heterocycles. The SMILES string of the molecule is C[C@@H]1CN(C(=O)COc2ccc(Oc3ccccc3)cc2)CCN1. The summed E-state index contributed by atoms with van der Waals surface area (Å²) in [5, 5.41) is 3.32. The van der Waals surface area contributed by atoms with Crippen molar-refractivity contribution in [3.05, 3.63) is 54.6 Å². The summed E-state index contributed by atoms with van der Waals surface area (Å²) in [6, 6.07) is 17.2. The van der Waals surface area contributed by atoms with E-state index in [1.165, 1.54) is 0 Å². The Hall–Kier alpha value is -2.53. The zero-order valence-electron chi connectivity index (χ0n) is 13.8. The molecule has 0 saturated carbocycles. The van der Waals surface area contributed by atoms with Gasteiger partial charge in [0.25, 0.3) is 5.91 Å². The second kappa shape index (κ2) is 7.84. The van der Waals surface area contributed by atoms with Gasteiger partial charge in [-0.1, -0.05) is 18.2 Å². The van der Waals surface area contributed by atoms with E-state index in [-0.39, 0.29) is 12.5 Å². The Morgan fingerprint density at radius 1 is 1.08 bits per heavy atom. The van der Waals surface area contributed by atoms with E-state index in [4.69, 9.17) is 9.47 Å².